The molecule has 198 valence electrons. The lowest BCUT2D eigenvalue weighted by Gasteiger charge is -2.13. The summed E-state index contributed by atoms with van der Waals surface area (Å²) in [5.41, 5.74) is 2.43. The largest absolute Gasteiger partial charge is 0.321 e. The van der Waals surface area contributed by atoms with Gasteiger partial charge in [-0.1, -0.05) is 48.0 Å². The van der Waals surface area contributed by atoms with Crippen LogP contribution in [0, 0.1) is 6.92 Å². The zero-order chi connectivity index (χ0) is 27.8. The number of aromatic nitrogens is 1. The summed E-state index contributed by atoms with van der Waals surface area (Å²) < 4.78 is 0. The van der Waals surface area contributed by atoms with Gasteiger partial charge >= 0.3 is 0 Å². The summed E-state index contributed by atoms with van der Waals surface area (Å²) in [7, 11) is 0. The van der Waals surface area contributed by atoms with Gasteiger partial charge in [0.05, 0.1) is 10.9 Å². The van der Waals surface area contributed by atoms with E-state index in [-0.39, 0.29) is 16.9 Å². The molecule has 39 heavy (non-hydrogen) atoms. The molecule has 3 N–H and O–H groups in total. The van der Waals surface area contributed by atoms with Gasteiger partial charge in [0, 0.05) is 26.5 Å². The lowest BCUT2D eigenvalue weighted by atomic mass is 10.1. The van der Waals surface area contributed by atoms with Gasteiger partial charge in [0.25, 0.3) is 11.8 Å². The smallest absolute Gasteiger partial charge is 0.272 e. The molecule has 7 nitrogen and oxygen atoms in total. The SMILES string of the molecule is Cc1csc(NC(=O)C(C)Sc2ccc(NC(=O)/C(=C/c3ccccc3Cl)NC(=O)c3ccccc3)cc2)n1. The maximum absolute atomic E-state index is 13.2. The van der Waals surface area contributed by atoms with Crippen LogP contribution in [-0.2, 0) is 9.59 Å². The number of carbonyl (C=O) groups excluding carboxylic acids is 3. The fraction of sp³-hybridized carbons (Fsp3) is 0.103. The Labute approximate surface area is 239 Å². The number of thiazole rings is 1. The molecule has 1 unspecified atom stereocenters. The number of aryl methyl sites for hydroxylation is 1. The van der Waals surface area contributed by atoms with Crippen LogP contribution < -0.4 is 16.0 Å². The van der Waals surface area contributed by atoms with Crippen molar-refractivity contribution in [2.45, 2.75) is 24.0 Å². The number of halogens is 1. The monoisotopic (exact) mass is 576 g/mol. The van der Waals surface area contributed by atoms with E-state index in [9.17, 15) is 14.4 Å². The van der Waals surface area contributed by atoms with E-state index in [1.54, 1.807) is 66.7 Å². The summed E-state index contributed by atoms with van der Waals surface area (Å²) in [4.78, 5) is 43.6. The minimum absolute atomic E-state index is 0.0399. The van der Waals surface area contributed by atoms with Crippen molar-refractivity contribution in [3.8, 4) is 0 Å². The highest BCUT2D eigenvalue weighted by atomic mass is 35.5. The van der Waals surface area contributed by atoms with Crippen LogP contribution in [0.25, 0.3) is 6.08 Å². The molecular weight excluding hydrogens is 552 g/mol. The van der Waals surface area contributed by atoms with Crippen molar-refractivity contribution >= 4 is 69.3 Å². The van der Waals surface area contributed by atoms with Crippen molar-refractivity contribution in [1.29, 1.82) is 0 Å². The molecule has 1 aromatic heterocycles. The van der Waals surface area contributed by atoms with E-state index in [1.165, 1.54) is 29.2 Å². The molecule has 0 saturated carbocycles. The van der Waals surface area contributed by atoms with Gasteiger partial charge in [-0.3, -0.25) is 14.4 Å². The van der Waals surface area contributed by atoms with Crippen LogP contribution in [0.2, 0.25) is 5.02 Å². The maximum atomic E-state index is 13.2. The Morgan fingerprint density at radius 1 is 0.949 bits per heavy atom. The normalized spacial score (nSPS) is 11.9. The van der Waals surface area contributed by atoms with Crippen molar-refractivity contribution in [2.24, 2.45) is 0 Å². The van der Waals surface area contributed by atoms with Crippen LogP contribution >= 0.6 is 34.7 Å². The molecule has 0 aliphatic carbocycles. The number of hydrogen-bond acceptors (Lipinski definition) is 6. The van der Waals surface area contributed by atoms with Gasteiger partial charge in [-0.25, -0.2) is 4.98 Å². The Balaban J connectivity index is 1.44. The maximum Gasteiger partial charge on any atom is 0.272 e. The molecule has 3 aromatic carbocycles. The molecule has 4 rings (SSSR count). The predicted molar refractivity (Wildman–Crippen MR) is 159 cm³/mol. The summed E-state index contributed by atoms with van der Waals surface area (Å²) in [6.07, 6.45) is 1.53. The number of rotatable bonds is 9. The highest BCUT2D eigenvalue weighted by Gasteiger charge is 2.18. The van der Waals surface area contributed by atoms with Gasteiger partial charge in [-0.05, 0) is 68.0 Å². The van der Waals surface area contributed by atoms with E-state index in [2.05, 4.69) is 20.9 Å². The van der Waals surface area contributed by atoms with Crippen LogP contribution in [0.5, 0.6) is 0 Å². The lowest BCUT2D eigenvalue weighted by Crippen LogP contribution is -2.30. The standard InChI is InChI=1S/C29H25ClN4O3S2/c1-18-17-38-29(31-18)34-26(35)19(2)39-23-14-12-22(13-15-23)32-28(37)25(16-21-10-6-7-11-24(21)30)33-27(36)20-8-4-3-5-9-20/h3-17,19H,1-2H3,(H,32,37)(H,33,36)(H,31,34,35)/b25-16-. The highest BCUT2D eigenvalue weighted by Crippen LogP contribution is 2.26. The molecule has 10 heteroatoms. The van der Waals surface area contributed by atoms with E-state index < -0.39 is 11.8 Å². The van der Waals surface area contributed by atoms with E-state index in [0.717, 1.165) is 10.6 Å². The summed E-state index contributed by atoms with van der Waals surface area (Å²) in [6, 6.07) is 22.8. The van der Waals surface area contributed by atoms with Crippen LogP contribution in [0.1, 0.15) is 28.5 Å². The molecule has 0 fully saturated rings. The second kappa shape index (κ2) is 13.2. The number of nitrogens with zero attached hydrogens (tertiary/aromatic N) is 1. The topological polar surface area (TPSA) is 100 Å². The van der Waals surface area contributed by atoms with Crippen LogP contribution in [-0.4, -0.2) is 28.0 Å². The first-order chi connectivity index (χ1) is 18.8. The Morgan fingerprint density at radius 3 is 2.31 bits per heavy atom. The number of amides is 3. The number of anilines is 2. The molecule has 0 aliphatic heterocycles. The summed E-state index contributed by atoms with van der Waals surface area (Å²) >= 11 is 9.07. The number of nitrogens with one attached hydrogen (secondary N) is 3. The highest BCUT2D eigenvalue weighted by molar-refractivity contribution is 8.00. The van der Waals surface area contributed by atoms with Gasteiger partial charge < -0.3 is 16.0 Å². The third-order valence-electron chi connectivity index (χ3n) is 5.38. The molecule has 3 amide bonds. The van der Waals surface area contributed by atoms with Crippen molar-refractivity contribution < 1.29 is 14.4 Å². The minimum atomic E-state index is -0.508. The second-order valence-corrected chi connectivity index (χ2v) is 11.1. The van der Waals surface area contributed by atoms with Crippen LogP contribution in [0.3, 0.4) is 0 Å². The molecular formula is C29H25ClN4O3S2. The van der Waals surface area contributed by atoms with Crippen LogP contribution in [0.4, 0.5) is 10.8 Å². The average Bonchev–Trinajstić information content (AvgIpc) is 3.35. The summed E-state index contributed by atoms with van der Waals surface area (Å²) in [5, 5.41) is 10.9. The molecule has 0 spiro atoms. The molecule has 1 heterocycles. The Hall–Kier alpha value is -3.92. The third kappa shape index (κ3) is 8.03. The fourth-order valence-electron chi connectivity index (χ4n) is 3.38. The second-order valence-electron chi connectivity index (χ2n) is 8.42. The zero-order valence-electron chi connectivity index (χ0n) is 21.1. The first-order valence-corrected chi connectivity index (χ1v) is 14.1. The van der Waals surface area contributed by atoms with Gasteiger partial charge in [0.2, 0.25) is 5.91 Å². The molecule has 1 atom stereocenters. The van der Waals surface area contributed by atoms with Gasteiger partial charge in [-0.15, -0.1) is 23.1 Å². The first kappa shape index (κ1) is 28.1. The number of thioether (sulfide) groups is 1. The zero-order valence-corrected chi connectivity index (χ0v) is 23.5. The average molecular weight is 577 g/mol. The van der Waals surface area contributed by atoms with Crippen molar-refractivity contribution in [1.82, 2.24) is 10.3 Å². The van der Waals surface area contributed by atoms with E-state index in [1.807, 2.05) is 31.4 Å². The summed E-state index contributed by atoms with van der Waals surface area (Å²) in [6.45, 7) is 3.69. The van der Waals surface area contributed by atoms with Gasteiger partial charge in [0.15, 0.2) is 5.13 Å². The lowest BCUT2D eigenvalue weighted by molar-refractivity contribution is -0.115. The molecule has 0 radical (unpaired) electrons. The predicted octanol–water partition coefficient (Wildman–Crippen LogP) is 6.63. The van der Waals surface area contributed by atoms with Crippen LogP contribution in [0.15, 0.2) is 94.8 Å². The molecule has 0 bridgehead atoms. The van der Waals surface area contributed by atoms with Crippen molar-refractivity contribution in [3.63, 3.8) is 0 Å². The Kier molecular flexibility index (Phi) is 9.54. The Bertz CT molecular complexity index is 1500. The minimum Gasteiger partial charge on any atom is -0.321 e. The van der Waals surface area contributed by atoms with Gasteiger partial charge in [-0.2, -0.15) is 0 Å². The fourth-order valence-corrected chi connectivity index (χ4v) is 5.13. The van der Waals surface area contributed by atoms with E-state index in [0.29, 0.717) is 27.0 Å². The molecule has 4 aromatic rings. The van der Waals surface area contributed by atoms with Gasteiger partial charge in [0.1, 0.15) is 5.70 Å². The van der Waals surface area contributed by atoms with E-state index >= 15 is 0 Å². The Morgan fingerprint density at radius 2 is 1.64 bits per heavy atom. The molecule has 0 saturated heterocycles. The van der Waals surface area contributed by atoms with Crippen molar-refractivity contribution in [3.05, 3.63) is 112 Å². The molecule has 0 aliphatic rings. The number of benzene rings is 3. The van der Waals surface area contributed by atoms with Crippen molar-refractivity contribution in [2.75, 3.05) is 10.6 Å². The number of carbonyl (C=O) groups is 3. The first-order valence-electron chi connectivity index (χ1n) is 11.9. The number of hydrogen-bond donors (Lipinski definition) is 3. The third-order valence-corrected chi connectivity index (χ3v) is 7.71. The summed E-state index contributed by atoms with van der Waals surface area (Å²) in [5.74, 6) is -1.07. The van der Waals surface area contributed by atoms with E-state index in [4.69, 9.17) is 11.6 Å². The quantitative estimate of drug-likeness (QED) is 0.153.